The molecule has 0 atom stereocenters. The van der Waals surface area contributed by atoms with Crippen LogP contribution in [0.3, 0.4) is 0 Å². The number of rotatable bonds is 15. The predicted molar refractivity (Wildman–Crippen MR) is 325 cm³/mol. The molecule has 0 spiro atoms. The first-order valence-electron chi connectivity index (χ1n) is 28.0. The van der Waals surface area contributed by atoms with E-state index in [1.807, 2.05) is 0 Å². The van der Waals surface area contributed by atoms with Crippen LogP contribution in [0.15, 0.2) is 152 Å². The molecule has 380 valence electrons. The number of hydrogen-bond acceptors (Lipinski definition) is 6. The van der Waals surface area contributed by atoms with Gasteiger partial charge in [0.05, 0.1) is 23.0 Å². The van der Waals surface area contributed by atoms with E-state index in [2.05, 4.69) is 172 Å². The standard InChI is InChI=1S/C49H25N7.C18H39OSi.Ga/c1-3-11-28-19-36-34(17-26(28)9-1)42-25-43-35-18-27-10-2-4-12-29(27)20-37(35)45(51-43)53-47-39-22-31-14-6-8-16-33(31)24-41(39)49(55-47)56-48-40-23-32-15-7-5-13-30(32)21-38(40)46(54-48)52-44(36)50-42;1-4-7-10-13-16-20(19,17-14-11-8-5-2)18-15-12-9-6-3;/h1-25H;4-18H2,1-3H3;/q-2;-1;+3. The Morgan fingerprint density at radius 3 is 0.935 bits per heavy atom. The fraction of sp³-hybridized carbons (Fsp3) is 0.269. The van der Waals surface area contributed by atoms with Crippen LogP contribution < -0.4 is 14.8 Å². The van der Waals surface area contributed by atoms with Gasteiger partial charge in [-0.15, -0.1) is 0 Å². The van der Waals surface area contributed by atoms with Crippen LogP contribution in [0.5, 0.6) is 0 Å². The molecule has 77 heavy (non-hydrogen) atoms. The molecule has 0 saturated heterocycles. The van der Waals surface area contributed by atoms with Crippen LogP contribution in [0.1, 0.15) is 97.8 Å². The van der Waals surface area contributed by atoms with E-state index in [1.54, 1.807) is 0 Å². The van der Waals surface area contributed by atoms with Crippen molar-refractivity contribution < 1.29 is 4.80 Å². The van der Waals surface area contributed by atoms with Crippen molar-refractivity contribution in [3.8, 4) is 45.3 Å². The Balaban J connectivity index is 0.000000259. The van der Waals surface area contributed by atoms with Gasteiger partial charge in [-0.3, -0.25) is 0 Å². The van der Waals surface area contributed by atoms with E-state index in [0.29, 0.717) is 34.2 Å². The molecule has 13 rings (SSSR count). The zero-order chi connectivity index (χ0) is 51.6. The minimum absolute atomic E-state index is 0. The first-order chi connectivity index (χ1) is 37.3. The summed E-state index contributed by atoms with van der Waals surface area (Å²) in [4.78, 5) is 49.8. The monoisotopic (exact) mass is 1080 g/mol. The minimum Gasteiger partial charge on any atom is -0.858 e. The third-order valence-electron chi connectivity index (χ3n) is 15.8. The third-order valence-corrected chi connectivity index (χ3v) is 19.6. The molecule has 3 aromatic heterocycles. The summed E-state index contributed by atoms with van der Waals surface area (Å²) in [5.41, 5.74) is 7.67. The van der Waals surface area contributed by atoms with Crippen molar-refractivity contribution in [1.29, 1.82) is 0 Å². The van der Waals surface area contributed by atoms with Crippen molar-refractivity contribution in [2.24, 2.45) is 0 Å². The second-order valence-corrected chi connectivity index (χ2v) is 25.1. The summed E-state index contributed by atoms with van der Waals surface area (Å²) in [7, 11) is -2.15. The Kier molecular flexibility index (Phi) is 15.5. The number of nitrogens with zero attached hydrogens (tertiary/aromatic N) is 7. The van der Waals surface area contributed by atoms with E-state index < -0.39 is 8.32 Å². The van der Waals surface area contributed by atoms with Gasteiger partial charge in [-0.1, -0.05) is 213 Å². The maximum atomic E-state index is 13.1. The van der Waals surface area contributed by atoms with E-state index in [4.69, 9.17) is 34.9 Å². The average molecular weight is 1080 g/mol. The molecule has 2 aliphatic heterocycles. The van der Waals surface area contributed by atoms with Crippen LogP contribution in [-0.4, -0.2) is 53.0 Å². The molecule has 11 aromatic rings. The second kappa shape index (κ2) is 22.9. The van der Waals surface area contributed by atoms with E-state index >= 15 is 0 Å². The quantitative estimate of drug-likeness (QED) is 0.0736. The minimum atomic E-state index is -2.15. The van der Waals surface area contributed by atoms with Gasteiger partial charge in [-0.05, 0) is 128 Å². The topological polar surface area (TPSA) is 116 Å². The predicted octanol–water partition coefficient (Wildman–Crippen LogP) is 17.0. The van der Waals surface area contributed by atoms with Crippen molar-refractivity contribution in [2.75, 3.05) is 0 Å². The molecule has 0 saturated carbocycles. The van der Waals surface area contributed by atoms with Gasteiger partial charge in [0, 0.05) is 44.8 Å². The first-order valence-corrected chi connectivity index (χ1v) is 30.6. The number of aromatic nitrogens is 7. The second-order valence-electron chi connectivity index (χ2n) is 21.2. The van der Waals surface area contributed by atoms with E-state index in [1.165, 1.54) is 77.0 Å². The van der Waals surface area contributed by atoms with Crippen LogP contribution in [0.4, 0.5) is 0 Å². The smallest absolute Gasteiger partial charge is 0.858 e. The largest absolute Gasteiger partial charge is 3.00 e. The molecule has 8 bridgehead atoms. The first kappa shape index (κ1) is 52.1. The van der Waals surface area contributed by atoms with Gasteiger partial charge in [0.25, 0.3) is 0 Å². The Morgan fingerprint density at radius 1 is 0.338 bits per heavy atom. The molecule has 0 radical (unpaired) electrons. The van der Waals surface area contributed by atoms with Crippen molar-refractivity contribution in [2.45, 2.75) is 116 Å². The normalized spacial score (nSPS) is 12.1. The summed E-state index contributed by atoms with van der Waals surface area (Å²) < 4.78 is 0. The molecule has 0 fully saturated rings. The van der Waals surface area contributed by atoms with Crippen molar-refractivity contribution in [1.82, 2.24) is 34.9 Å². The van der Waals surface area contributed by atoms with Gasteiger partial charge in [0.15, 0.2) is 0 Å². The van der Waals surface area contributed by atoms with Crippen molar-refractivity contribution >= 4 is 115 Å². The van der Waals surface area contributed by atoms with Crippen molar-refractivity contribution in [3.63, 3.8) is 0 Å². The number of unbranched alkanes of at least 4 members (excludes halogenated alkanes) is 9. The van der Waals surface area contributed by atoms with Crippen LogP contribution >= 0.6 is 0 Å². The molecule has 0 amide bonds. The maximum absolute atomic E-state index is 13.1. The Labute approximate surface area is 465 Å². The molecule has 8 nitrogen and oxygen atoms in total. The van der Waals surface area contributed by atoms with Gasteiger partial charge >= 0.3 is 19.8 Å². The molecule has 5 heterocycles. The van der Waals surface area contributed by atoms with E-state index in [0.717, 1.165) is 116 Å². The zero-order valence-corrected chi connectivity index (χ0v) is 48.1. The molecular weight excluding hydrogens is 1020 g/mol. The van der Waals surface area contributed by atoms with Gasteiger partial charge < -0.3 is 29.7 Å². The van der Waals surface area contributed by atoms with Crippen LogP contribution in [0, 0.1) is 0 Å². The molecular formula is C67H64GaN7OSi. The van der Waals surface area contributed by atoms with Crippen LogP contribution in [0.25, 0.3) is 133 Å². The fourth-order valence-electron chi connectivity index (χ4n) is 11.6. The summed E-state index contributed by atoms with van der Waals surface area (Å²) in [6, 6.07) is 56.1. The van der Waals surface area contributed by atoms with E-state index in [9.17, 15) is 4.80 Å². The Hall–Kier alpha value is -6.96. The molecule has 0 N–H and O–H groups in total. The molecule has 2 aliphatic rings. The Bertz CT molecular complexity index is 3870. The zero-order valence-electron chi connectivity index (χ0n) is 44.7. The van der Waals surface area contributed by atoms with Gasteiger partial charge in [-0.2, -0.15) is 0 Å². The third kappa shape index (κ3) is 10.7. The van der Waals surface area contributed by atoms with E-state index in [-0.39, 0.29) is 19.8 Å². The van der Waals surface area contributed by atoms with Gasteiger partial charge in [0.1, 0.15) is 0 Å². The van der Waals surface area contributed by atoms with Crippen LogP contribution in [-0.2, 0) is 0 Å². The average Bonchev–Trinajstić information content (AvgIpc) is 4.27. The fourth-order valence-corrected chi connectivity index (χ4v) is 15.0. The molecule has 10 heteroatoms. The van der Waals surface area contributed by atoms with Gasteiger partial charge in [0.2, 0.25) is 0 Å². The molecule has 8 aromatic carbocycles. The number of hydrogen-bond donors (Lipinski definition) is 0. The number of fused-ring (bicyclic) bond motifs is 24. The van der Waals surface area contributed by atoms with Gasteiger partial charge in [-0.25, -0.2) is 9.97 Å². The Morgan fingerprint density at radius 2 is 0.623 bits per heavy atom. The summed E-state index contributed by atoms with van der Waals surface area (Å²) in [5, 5.41) is 12.5. The number of benzene rings is 8. The maximum Gasteiger partial charge on any atom is 3.00 e. The summed E-state index contributed by atoms with van der Waals surface area (Å²) in [5.74, 6) is 1.19. The summed E-state index contributed by atoms with van der Waals surface area (Å²) >= 11 is 0. The SMILES string of the molecule is CCCCCC[Si]([O-])(CCCCCC)CCCCCC.[Ga+3].c1ccc2cc3c(cc2c1)-c1cc2nc(nc4[n-]c(nc5[n-]c(nc-3n1)c1cc3ccccc3cc51)c1cc3ccccc3cc41)-c1cc3ccccc3cc1-2. The molecule has 0 unspecified atom stereocenters. The van der Waals surface area contributed by atoms with Crippen molar-refractivity contribution in [3.05, 3.63) is 152 Å². The van der Waals surface area contributed by atoms with Crippen LogP contribution in [0.2, 0.25) is 18.1 Å². The molecule has 0 aliphatic carbocycles. The summed E-state index contributed by atoms with van der Waals surface area (Å²) in [6.07, 6.45) is 15.3. The summed E-state index contributed by atoms with van der Waals surface area (Å²) in [6.45, 7) is 6.74.